The van der Waals surface area contributed by atoms with E-state index in [0.29, 0.717) is 41.0 Å². The number of amides is 2. The maximum Gasteiger partial charge on any atom is 0.416 e. The molecular weight excluding hydrogens is 559 g/mol. The van der Waals surface area contributed by atoms with Crippen LogP contribution in [0.1, 0.15) is 16.7 Å². The number of ether oxygens (including phenoxy) is 1. The van der Waals surface area contributed by atoms with Crippen LogP contribution in [0, 0.1) is 0 Å². The van der Waals surface area contributed by atoms with Gasteiger partial charge in [-0.25, -0.2) is 0 Å². The molecule has 5 rings (SSSR count). The maximum atomic E-state index is 13.7. The molecule has 13 heteroatoms. The average molecular weight is 590 g/mol. The SMILES string of the molecule is COc1ccc(Cn2ncc3cc(/C=C4\SC(=O)N(CCN5CCN(CCO)CC5)C4=O)ccc32)c(C(F)(F)F)c1. The summed E-state index contributed by atoms with van der Waals surface area (Å²) in [5.74, 6) is -0.216. The molecule has 0 atom stereocenters. The van der Waals surface area contributed by atoms with E-state index in [-0.39, 0.29) is 35.6 Å². The zero-order valence-electron chi connectivity index (χ0n) is 22.4. The van der Waals surface area contributed by atoms with Crippen molar-refractivity contribution in [2.75, 3.05) is 59.5 Å². The Morgan fingerprint density at radius 3 is 2.44 bits per heavy atom. The number of alkyl halides is 3. The molecule has 0 radical (unpaired) electrons. The van der Waals surface area contributed by atoms with Crippen molar-refractivity contribution in [1.29, 1.82) is 0 Å². The van der Waals surface area contributed by atoms with E-state index in [2.05, 4.69) is 14.9 Å². The lowest BCUT2D eigenvalue weighted by molar-refractivity contribution is -0.138. The van der Waals surface area contributed by atoms with Gasteiger partial charge in [0.2, 0.25) is 0 Å². The van der Waals surface area contributed by atoms with E-state index >= 15 is 0 Å². The topological polar surface area (TPSA) is 91.1 Å². The number of fused-ring (bicyclic) bond motifs is 1. The second-order valence-corrected chi connectivity index (χ2v) is 10.9. The van der Waals surface area contributed by atoms with Crippen molar-refractivity contribution in [3.63, 3.8) is 0 Å². The van der Waals surface area contributed by atoms with E-state index in [0.717, 1.165) is 44.0 Å². The Kier molecular flexibility index (Phi) is 8.68. The molecule has 0 bridgehead atoms. The van der Waals surface area contributed by atoms with E-state index in [1.165, 1.54) is 28.8 Å². The number of hydrogen-bond acceptors (Lipinski definition) is 8. The number of carbonyl (C=O) groups excluding carboxylic acids is 2. The maximum absolute atomic E-state index is 13.7. The first kappa shape index (κ1) is 29.1. The van der Waals surface area contributed by atoms with Crippen LogP contribution in [0.15, 0.2) is 47.5 Å². The van der Waals surface area contributed by atoms with Crippen molar-refractivity contribution in [2.45, 2.75) is 12.7 Å². The summed E-state index contributed by atoms with van der Waals surface area (Å²) in [5, 5.41) is 13.8. The van der Waals surface area contributed by atoms with Gasteiger partial charge in [0.05, 0.1) is 42.4 Å². The van der Waals surface area contributed by atoms with Gasteiger partial charge in [-0.15, -0.1) is 0 Å². The van der Waals surface area contributed by atoms with E-state index in [4.69, 9.17) is 9.84 Å². The number of thioether (sulfide) groups is 1. The first-order valence-electron chi connectivity index (χ1n) is 13.2. The third kappa shape index (κ3) is 6.58. The van der Waals surface area contributed by atoms with Crippen molar-refractivity contribution in [3.05, 3.63) is 64.2 Å². The first-order valence-corrected chi connectivity index (χ1v) is 14.0. The highest BCUT2D eigenvalue weighted by molar-refractivity contribution is 8.18. The summed E-state index contributed by atoms with van der Waals surface area (Å²) in [4.78, 5) is 31.6. The molecule has 2 amide bonds. The molecule has 2 aliphatic rings. The number of halogens is 3. The Labute approximate surface area is 239 Å². The number of nitrogens with zero attached hydrogens (tertiary/aromatic N) is 5. The molecule has 0 unspecified atom stereocenters. The number of hydrogen-bond donors (Lipinski definition) is 1. The highest BCUT2D eigenvalue weighted by Gasteiger charge is 2.36. The van der Waals surface area contributed by atoms with E-state index in [1.807, 2.05) is 0 Å². The molecule has 9 nitrogen and oxygen atoms in total. The summed E-state index contributed by atoms with van der Waals surface area (Å²) in [6, 6.07) is 9.13. The molecular formula is C28H30F3N5O4S. The first-order chi connectivity index (χ1) is 19.7. The van der Waals surface area contributed by atoms with Crippen molar-refractivity contribution >= 4 is 39.9 Å². The summed E-state index contributed by atoms with van der Waals surface area (Å²) in [7, 11) is 1.32. The van der Waals surface area contributed by atoms with Gasteiger partial charge in [-0.1, -0.05) is 12.1 Å². The lowest BCUT2D eigenvalue weighted by Crippen LogP contribution is -2.49. The van der Waals surface area contributed by atoms with Crippen LogP contribution in [-0.2, 0) is 17.5 Å². The number of benzene rings is 2. The molecule has 2 aromatic carbocycles. The van der Waals surface area contributed by atoms with Gasteiger partial charge in [0, 0.05) is 51.2 Å². The van der Waals surface area contributed by atoms with Crippen LogP contribution in [-0.4, -0.2) is 100 Å². The van der Waals surface area contributed by atoms with Crippen LogP contribution in [0.5, 0.6) is 5.75 Å². The minimum absolute atomic E-state index is 0.0630. The van der Waals surface area contributed by atoms with Crippen molar-refractivity contribution in [2.24, 2.45) is 0 Å². The molecule has 0 spiro atoms. The van der Waals surface area contributed by atoms with Crippen LogP contribution in [0.4, 0.5) is 18.0 Å². The Balaban J connectivity index is 1.26. The van der Waals surface area contributed by atoms with Gasteiger partial charge in [-0.05, 0) is 53.2 Å². The second kappa shape index (κ2) is 12.2. The molecule has 2 saturated heterocycles. The molecule has 218 valence electrons. The smallest absolute Gasteiger partial charge is 0.416 e. The lowest BCUT2D eigenvalue weighted by Gasteiger charge is -2.34. The molecule has 3 heterocycles. The van der Waals surface area contributed by atoms with E-state index in [1.54, 1.807) is 30.5 Å². The quantitative estimate of drug-likeness (QED) is 0.378. The largest absolute Gasteiger partial charge is 0.497 e. The fourth-order valence-corrected chi connectivity index (χ4v) is 5.90. The fraction of sp³-hybridized carbons (Fsp3) is 0.393. The number of imide groups is 1. The van der Waals surface area contributed by atoms with E-state index < -0.39 is 11.7 Å². The summed E-state index contributed by atoms with van der Waals surface area (Å²) in [5.41, 5.74) is 0.603. The summed E-state index contributed by atoms with van der Waals surface area (Å²) >= 11 is 0.896. The summed E-state index contributed by atoms with van der Waals surface area (Å²) in [6.45, 7) is 4.90. The number of methoxy groups -OCH3 is 1. The van der Waals surface area contributed by atoms with Gasteiger partial charge in [0.25, 0.3) is 11.1 Å². The second-order valence-electron chi connectivity index (χ2n) is 9.88. The van der Waals surface area contributed by atoms with Gasteiger partial charge in [0.15, 0.2) is 0 Å². The number of β-amino-alcohol motifs (C(OH)–C–C–N with tert-alkyl or cyclic N) is 1. The zero-order valence-corrected chi connectivity index (χ0v) is 23.2. The number of rotatable bonds is 9. The predicted octanol–water partition coefficient (Wildman–Crippen LogP) is 3.76. The minimum atomic E-state index is -4.54. The molecule has 2 fully saturated rings. The van der Waals surface area contributed by atoms with Crippen LogP contribution in [0.25, 0.3) is 17.0 Å². The highest BCUT2D eigenvalue weighted by Crippen LogP contribution is 2.36. The van der Waals surface area contributed by atoms with Crippen LogP contribution >= 0.6 is 11.8 Å². The van der Waals surface area contributed by atoms with E-state index in [9.17, 15) is 22.8 Å². The number of aliphatic hydroxyl groups excluding tert-OH is 1. The number of piperazine rings is 1. The highest BCUT2D eigenvalue weighted by atomic mass is 32.2. The lowest BCUT2D eigenvalue weighted by atomic mass is 10.1. The van der Waals surface area contributed by atoms with Crippen molar-refractivity contribution < 1.29 is 32.6 Å². The molecule has 3 aromatic rings. The summed E-state index contributed by atoms with van der Waals surface area (Å²) < 4.78 is 47.4. The van der Waals surface area contributed by atoms with Gasteiger partial charge >= 0.3 is 6.18 Å². The normalized spacial score (nSPS) is 18.3. The Hall–Kier alpha value is -3.39. The Bertz CT molecular complexity index is 1470. The molecule has 2 aliphatic heterocycles. The van der Waals surface area contributed by atoms with Crippen molar-refractivity contribution in [1.82, 2.24) is 24.5 Å². The molecule has 0 saturated carbocycles. The number of carbonyl (C=O) groups is 2. The Morgan fingerprint density at radius 2 is 1.76 bits per heavy atom. The minimum Gasteiger partial charge on any atom is -0.497 e. The third-order valence-corrected chi connectivity index (χ3v) is 8.21. The van der Waals surface area contributed by atoms with Gasteiger partial charge in [-0.2, -0.15) is 18.3 Å². The van der Waals surface area contributed by atoms with Crippen molar-refractivity contribution in [3.8, 4) is 5.75 Å². The van der Waals surface area contributed by atoms with Gasteiger partial charge < -0.3 is 9.84 Å². The Morgan fingerprint density at radius 1 is 1.02 bits per heavy atom. The van der Waals surface area contributed by atoms with Crippen LogP contribution in [0.3, 0.4) is 0 Å². The zero-order chi connectivity index (χ0) is 29.1. The fourth-order valence-electron chi connectivity index (χ4n) is 5.03. The van der Waals surface area contributed by atoms with Crippen LogP contribution in [0.2, 0.25) is 0 Å². The standard InChI is InChI=1S/C28H30F3N5O4S/c1-40-22-4-3-20(23(16-22)28(29,30)31)18-36-24-5-2-19(14-21(24)17-32-36)15-25-26(38)35(27(39)41-25)11-10-33-6-8-34(9-7-33)12-13-37/h2-5,14-17,37H,6-13,18H2,1H3/b25-15-. The number of aliphatic hydroxyl groups is 1. The van der Waals surface area contributed by atoms with Gasteiger partial charge in [0.1, 0.15) is 5.75 Å². The molecule has 1 N–H and O–H groups in total. The average Bonchev–Trinajstić information content (AvgIpc) is 3.46. The summed E-state index contributed by atoms with van der Waals surface area (Å²) in [6.07, 6.45) is -1.33. The predicted molar refractivity (Wildman–Crippen MR) is 149 cm³/mol. The monoisotopic (exact) mass is 589 g/mol. The van der Waals surface area contributed by atoms with Gasteiger partial charge in [-0.3, -0.25) is 29.0 Å². The molecule has 1 aromatic heterocycles. The molecule has 0 aliphatic carbocycles. The molecule has 41 heavy (non-hydrogen) atoms. The van der Waals surface area contributed by atoms with Crippen LogP contribution < -0.4 is 4.74 Å². The number of aromatic nitrogens is 2. The third-order valence-electron chi connectivity index (χ3n) is 7.30.